The minimum atomic E-state index is 0.596. The van der Waals surface area contributed by atoms with Gasteiger partial charge in [0.2, 0.25) is 7.28 Å². The molecular weight excluding hydrogens is 197 g/mol. The Kier molecular flexibility index (Phi) is 11.3. The fourth-order valence-corrected chi connectivity index (χ4v) is 1.46. The van der Waals surface area contributed by atoms with Crippen molar-refractivity contribution in [3.63, 3.8) is 0 Å². The van der Waals surface area contributed by atoms with Crippen molar-refractivity contribution in [3.8, 4) is 0 Å². The van der Waals surface area contributed by atoms with E-state index >= 15 is 0 Å². The molecule has 0 aromatic heterocycles. The van der Waals surface area contributed by atoms with Gasteiger partial charge in [0, 0.05) is 6.20 Å². The molecule has 0 aliphatic heterocycles. The molecule has 0 saturated heterocycles. The molecule has 0 bridgehead atoms. The summed E-state index contributed by atoms with van der Waals surface area (Å²) in [6.07, 6.45) is 11.7. The molecule has 3 heteroatoms. The van der Waals surface area contributed by atoms with Crippen molar-refractivity contribution in [2.75, 3.05) is 0 Å². The SMILES string of the molecule is C=CN=C([B]CCCCCCCC)OC=C. The molecule has 0 aliphatic carbocycles. The summed E-state index contributed by atoms with van der Waals surface area (Å²) >= 11 is 0. The molecule has 0 N–H and O–H groups in total. The molecule has 89 valence electrons. The number of hydrogen-bond acceptors (Lipinski definition) is 2. The van der Waals surface area contributed by atoms with Gasteiger partial charge in [-0.05, 0) is 0 Å². The Morgan fingerprint density at radius 2 is 1.88 bits per heavy atom. The summed E-state index contributed by atoms with van der Waals surface area (Å²) in [6, 6.07) is 0. The lowest BCUT2D eigenvalue weighted by Gasteiger charge is -2.03. The average molecular weight is 220 g/mol. The van der Waals surface area contributed by atoms with Crippen LogP contribution in [-0.2, 0) is 4.74 Å². The van der Waals surface area contributed by atoms with Gasteiger partial charge in [-0.3, -0.25) is 0 Å². The highest BCUT2D eigenvalue weighted by Crippen LogP contribution is 2.07. The maximum atomic E-state index is 5.11. The van der Waals surface area contributed by atoms with Crippen LogP contribution in [0.1, 0.15) is 45.4 Å². The highest BCUT2D eigenvalue weighted by atomic mass is 16.5. The third-order valence-corrected chi connectivity index (χ3v) is 2.30. The van der Waals surface area contributed by atoms with Crippen molar-refractivity contribution in [2.45, 2.75) is 51.8 Å². The molecular formula is C13H23BNO. The van der Waals surface area contributed by atoms with E-state index < -0.39 is 0 Å². The predicted molar refractivity (Wildman–Crippen MR) is 72.9 cm³/mol. The molecule has 1 radical (unpaired) electrons. The molecule has 0 rings (SSSR count). The van der Waals surface area contributed by atoms with Crippen molar-refractivity contribution >= 4 is 13.1 Å². The minimum absolute atomic E-state index is 0.596. The van der Waals surface area contributed by atoms with E-state index in [1.54, 1.807) is 0 Å². The normalized spacial score (nSPS) is 10.9. The average Bonchev–Trinajstić information content (AvgIpc) is 2.28. The van der Waals surface area contributed by atoms with Crippen LogP contribution >= 0.6 is 0 Å². The Hall–Kier alpha value is -0.985. The molecule has 2 nitrogen and oxygen atoms in total. The molecule has 0 fully saturated rings. The van der Waals surface area contributed by atoms with Gasteiger partial charge in [-0.1, -0.05) is 64.9 Å². The van der Waals surface area contributed by atoms with Crippen LogP contribution in [0.25, 0.3) is 0 Å². The quantitative estimate of drug-likeness (QED) is 0.178. The van der Waals surface area contributed by atoms with Gasteiger partial charge in [0.15, 0.2) is 0 Å². The van der Waals surface area contributed by atoms with Gasteiger partial charge in [0.05, 0.1) is 6.26 Å². The fraction of sp³-hybridized carbons (Fsp3) is 0.615. The van der Waals surface area contributed by atoms with Crippen molar-refractivity contribution in [1.29, 1.82) is 0 Å². The van der Waals surface area contributed by atoms with Crippen LogP contribution in [0.5, 0.6) is 0 Å². The number of nitrogens with zero attached hydrogens (tertiary/aromatic N) is 1. The molecule has 0 unspecified atom stereocenters. The van der Waals surface area contributed by atoms with Crippen LogP contribution in [-0.4, -0.2) is 13.1 Å². The molecule has 0 aliphatic rings. The van der Waals surface area contributed by atoms with Gasteiger partial charge in [0.25, 0.3) is 0 Å². The standard InChI is InChI=1S/C13H23BNO/c1-4-7-8-9-10-11-12-14-13(15-5-2)16-6-3/h5-6H,2-4,7-12H2,1H3. The number of rotatable bonds is 10. The summed E-state index contributed by atoms with van der Waals surface area (Å²) in [6.45, 7) is 9.28. The fourth-order valence-electron chi connectivity index (χ4n) is 1.46. The Balaban J connectivity index is 3.44. The van der Waals surface area contributed by atoms with E-state index in [9.17, 15) is 0 Å². The topological polar surface area (TPSA) is 21.6 Å². The summed E-state index contributed by atoms with van der Waals surface area (Å²) in [4.78, 5) is 3.99. The van der Waals surface area contributed by atoms with Crippen molar-refractivity contribution < 1.29 is 4.74 Å². The number of hydrogen-bond donors (Lipinski definition) is 0. The molecule has 0 aromatic carbocycles. The van der Waals surface area contributed by atoms with Crippen molar-refractivity contribution in [2.24, 2.45) is 4.99 Å². The maximum Gasteiger partial charge on any atom is 0.229 e. The Bertz CT molecular complexity index is 214. The van der Waals surface area contributed by atoms with Gasteiger partial charge < -0.3 is 4.74 Å². The van der Waals surface area contributed by atoms with Crippen LogP contribution in [0, 0.1) is 0 Å². The molecule has 16 heavy (non-hydrogen) atoms. The molecule has 0 spiro atoms. The van der Waals surface area contributed by atoms with Gasteiger partial charge >= 0.3 is 0 Å². The van der Waals surface area contributed by atoms with E-state index in [0.717, 1.165) is 6.32 Å². The lowest BCUT2D eigenvalue weighted by molar-refractivity contribution is 0.485. The lowest BCUT2D eigenvalue weighted by atomic mass is 9.72. The second-order valence-electron chi connectivity index (χ2n) is 3.69. The van der Waals surface area contributed by atoms with E-state index in [1.807, 2.05) is 7.28 Å². The van der Waals surface area contributed by atoms with Gasteiger partial charge in [0.1, 0.15) is 5.80 Å². The molecule has 0 saturated carbocycles. The first-order chi connectivity index (χ1) is 7.85. The first-order valence-corrected chi connectivity index (χ1v) is 6.14. The van der Waals surface area contributed by atoms with Gasteiger partial charge in [-0.15, -0.1) is 0 Å². The zero-order valence-electron chi connectivity index (χ0n) is 10.5. The number of ether oxygens (including phenoxy) is 1. The summed E-state index contributed by atoms with van der Waals surface area (Å²) in [5.41, 5.74) is 0. The molecule has 0 aromatic rings. The third-order valence-electron chi connectivity index (χ3n) is 2.30. The van der Waals surface area contributed by atoms with Crippen LogP contribution in [0.2, 0.25) is 6.32 Å². The van der Waals surface area contributed by atoms with E-state index in [4.69, 9.17) is 4.74 Å². The summed E-state index contributed by atoms with van der Waals surface area (Å²) < 4.78 is 5.11. The lowest BCUT2D eigenvalue weighted by Crippen LogP contribution is -2.10. The van der Waals surface area contributed by atoms with Crippen LogP contribution in [0.15, 0.2) is 30.6 Å². The Labute approximate surface area is 101 Å². The summed E-state index contributed by atoms with van der Waals surface area (Å²) in [7, 11) is 1.99. The van der Waals surface area contributed by atoms with Crippen LogP contribution in [0.4, 0.5) is 0 Å². The Morgan fingerprint density at radius 3 is 2.50 bits per heavy atom. The smallest absolute Gasteiger partial charge is 0.229 e. The number of aliphatic imine (C=N–C) groups is 1. The second-order valence-corrected chi connectivity index (χ2v) is 3.69. The van der Waals surface area contributed by atoms with Crippen molar-refractivity contribution in [1.82, 2.24) is 0 Å². The van der Waals surface area contributed by atoms with E-state index in [-0.39, 0.29) is 0 Å². The van der Waals surface area contributed by atoms with E-state index in [1.165, 1.54) is 51.0 Å². The highest BCUT2D eigenvalue weighted by Gasteiger charge is 2.00. The third kappa shape index (κ3) is 9.57. The highest BCUT2D eigenvalue weighted by molar-refractivity contribution is 6.73. The minimum Gasteiger partial charge on any atom is -0.462 e. The van der Waals surface area contributed by atoms with Crippen molar-refractivity contribution in [3.05, 3.63) is 25.6 Å². The monoisotopic (exact) mass is 220 g/mol. The van der Waals surface area contributed by atoms with Crippen LogP contribution < -0.4 is 0 Å². The molecule has 0 amide bonds. The maximum absolute atomic E-state index is 5.11. The predicted octanol–water partition coefficient (Wildman–Crippen LogP) is 4.13. The van der Waals surface area contributed by atoms with Gasteiger partial charge in [-0.2, -0.15) is 0 Å². The zero-order chi connectivity index (χ0) is 12.1. The van der Waals surface area contributed by atoms with E-state index in [0.29, 0.717) is 5.80 Å². The summed E-state index contributed by atoms with van der Waals surface area (Å²) in [5.74, 6) is 0.596. The van der Waals surface area contributed by atoms with Crippen LogP contribution in [0.3, 0.4) is 0 Å². The summed E-state index contributed by atoms with van der Waals surface area (Å²) in [5, 5.41) is 0. The molecule has 0 atom stereocenters. The Morgan fingerprint density at radius 1 is 1.19 bits per heavy atom. The second kappa shape index (κ2) is 12.1. The first kappa shape index (κ1) is 15.0. The largest absolute Gasteiger partial charge is 0.462 e. The van der Waals surface area contributed by atoms with Gasteiger partial charge in [-0.25, -0.2) is 4.99 Å². The van der Waals surface area contributed by atoms with E-state index in [2.05, 4.69) is 25.1 Å². The number of unbranched alkanes of at least 4 members (excludes halogenated alkanes) is 5. The first-order valence-electron chi connectivity index (χ1n) is 6.14. The molecule has 0 heterocycles. The zero-order valence-corrected chi connectivity index (χ0v) is 10.5.